The quantitative estimate of drug-likeness (QED) is 0.0764. The van der Waals surface area contributed by atoms with Gasteiger partial charge < -0.3 is 9.47 Å². The maximum absolute atomic E-state index is 6.14. The van der Waals surface area contributed by atoms with E-state index in [-0.39, 0.29) is 5.41 Å². The first-order chi connectivity index (χ1) is 28.4. The van der Waals surface area contributed by atoms with Gasteiger partial charge in [-0.2, -0.15) is 0 Å². The molecule has 2 heterocycles. The molecule has 1 aliphatic carbocycles. The molecule has 0 saturated heterocycles. The van der Waals surface area contributed by atoms with Gasteiger partial charge in [-0.25, -0.2) is 0 Å². The molecule has 0 fully saturated rings. The Labute approximate surface area is 364 Å². The minimum Gasteiger partial charge on any atom is -0.494 e. The van der Waals surface area contributed by atoms with Crippen molar-refractivity contribution in [2.45, 2.75) is 112 Å². The zero-order valence-corrected chi connectivity index (χ0v) is 38.5. The molecule has 2 nitrogen and oxygen atoms in total. The molecule has 0 amide bonds. The number of thiophene rings is 2. The van der Waals surface area contributed by atoms with Crippen molar-refractivity contribution in [1.82, 2.24) is 0 Å². The fraction of sp³-hybridized carbons (Fsp3) is 0.418. The molecule has 59 heavy (non-hydrogen) atoms. The molecule has 4 aromatic carbocycles. The van der Waals surface area contributed by atoms with E-state index in [1.54, 1.807) is 0 Å². The summed E-state index contributed by atoms with van der Waals surface area (Å²) in [5.74, 6) is 4.92. The van der Waals surface area contributed by atoms with Gasteiger partial charge in [0.05, 0.1) is 13.2 Å². The van der Waals surface area contributed by atoms with Gasteiger partial charge in [0.2, 0.25) is 0 Å². The molecular formula is C55H66O2S2. The zero-order valence-electron chi connectivity index (χ0n) is 36.9. The third-order valence-electron chi connectivity index (χ3n) is 12.5. The fourth-order valence-electron chi connectivity index (χ4n) is 8.56. The summed E-state index contributed by atoms with van der Waals surface area (Å²) in [5, 5.41) is 0. The van der Waals surface area contributed by atoms with E-state index in [1.165, 1.54) is 103 Å². The van der Waals surface area contributed by atoms with Crippen LogP contribution >= 0.6 is 22.7 Å². The highest BCUT2D eigenvalue weighted by atomic mass is 32.1. The van der Waals surface area contributed by atoms with Crippen molar-refractivity contribution >= 4 is 22.7 Å². The second-order valence-corrected chi connectivity index (χ2v) is 20.8. The standard InChI is InChI=1S/C55H66O2S2/c1-37(2)11-9-13-39(5)31-33-56-45-21-15-41(16-22-45)51-27-29-53(58-51)43-19-25-47-48-26-20-44(36-50(48)55(7,8)49(47)35-43)54-30-28-52(59-54)42-17-23-46(24-18-42)57-34-32-40(6)14-10-12-38(3)4/h15-30,35-40H,9-14,31-34H2,1-8H3. The molecule has 4 heteroatoms. The maximum atomic E-state index is 6.14. The number of rotatable bonds is 20. The highest BCUT2D eigenvalue weighted by Gasteiger charge is 2.36. The van der Waals surface area contributed by atoms with Gasteiger partial charge in [-0.15, -0.1) is 22.7 Å². The summed E-state index contributed by atoms with van der Waals surface area (Å²) in [4.78, 5) is 5.17. The summed E-state index contributed by atoms with van der Waals surface area (Å²) in [6.45, 7) is 20.3. The topological polar surface area (TPSA) is 18.5 Å². The SMILES string of the molecule is CC(C)CCCC(C)CCOc1ccc(-c2ccc(-c3ccc4c(c3)C(C)(C)c3cc(-c5ccc(-c6ccc(OCCC(C)CCCC(C)C)cc6)s5)ccc3-4)s2)cc1. The average molecular weight is 823 g/mol. The van der Waals surface area contributed by atoms with Gasteiger partial charge >= 0.3 is 0 Å². The molecular weight excluding hydrogens is 757 g/mol. The van der Waals surface area contributed by atoms with Crippen LogP contribution in [0, 0.1) is 23.7 Å². The van der Waals surface area contributed by atoms with Crippen LogP contribution in [0.3, 0.4) is 0 Å². The van der Waals surface area contributed by atoms with E-state index < -0.39 is 0 Å². The Morgan fingerprint density at radius 1 is 0.424 bits per heavy atom. The van der Waals surface area contributed by atoms with Crippen molar-refractivity contribution in [3.63, 3.8) is 0 Å². The predicted molar refractivity (Wildman–Crippen MR) is 257 cm³/mol. The number of hydrogen-bond acceptors (Lipinski definition) is 4. The lowest BCUT2D eigenvalue weighted by Gasteiger charge is -2.22. The summed E-state index contributed by atoms with van der Waals surface area (Å²) in [6.07, 6.45) is 10.1. The van der Waals surface area contributed by atoms with Crippen LogP contribution < -0.4 is 9.47 Å². The van der Waals surface area contributed by atoms with Crippen molar-refractivity contribution in [3.8, 4) is 64.4 Å². The number of benzene rings is 4. The van der Waals surface area contributed by atoms with Gasteiger partial charge in [-0.1, -0.05) is 118 Å². The largest absolute Gasteiger partial charge is 0.494 e. The van der Waals surface area contributed by atoms with Crippen LogP contribution in [-0.4, -0.2) is 13.2 Å². The Balaban J connectivity index is 0.962. The molecule has 0 aliphatic heterocycles. The third-order valence-corrected chi connectivity index (χ3v) is 14.8. The van der Waals surface area contributed by atoms with Gasteiger partial charge in [0.15, 0.2) is 0 Å². The van der Waals surface area contributed by atoms with E-state index in [0.29, 0.717) is 11.8 Å². The van der Waals surface area contributed by atoms with E-state index >= 15 is 0 Å². The lowest BCUT2D eigenvalue weighted by atomic mass is 9.81. The Morgan fingerprint density at radius 3 is 1.15 bits per heavy atom. The van der Waals surface area contributed by atoms with E-state index in [1.807, 2.05) is 22.7 Å². The zero-order chi connectivity index (χ0) is 41.5. The molecule has 0 radical (unpaired) electrons. The van der Waals surface area contributed by atoms with Crippen LogP contribution in [0.2, 0.25) is 0 Å². The molecule has 7 rings (SSSR count). The first kappa shape index (κ1) is 43.0. The maximum Gasteiger partial charge on any atom is 0.119 e. The summed E-state index contributed by atoms with van der Waals surface area (Å²) < 4.78 is 12.3. The molecule has 0 bridgehead atoms. The first-order valence-corrected chi connectivity index (χ1v) is 24.0. The van der Waals surface area contributed by atoms with Crippen molar-refractivity contribution in [2.75, 3.05) is 13.2 Å². The lowest BCUT2D eigenvalue weighted by Crippen LogP contribution is -2.15. The monoisotopic (exact) mass is 822 g/mol. The molecule has 1 aliphatic rings. The number of hydrogen-bond donors (Lipinski definition) is 0. The van der Waals surface area contributed by atoms with Gasteiger partial charge in [0, 0.05) is 24.9 Å². The Hall–Kier alpha value is -4.12. The van der Waals surface area contributed by atoms with Crippen LogP contribution in [-0.2, 0) is 5.41 Å². The fourth-order valence-corrected chi connectivity index (χ4v) is 10.6. The van der Waals surface area contributed by atoms with Gasteiger partial charge in [-0.3, -0.25) is 0 Å². The summed E-state index contributed by atoms with van der Waals surface area (Å²) in [5.41, 5.74) is 10.5. The summed E-state index contributed by atoms with van der Waals surface area (Å²) in [6, 6.07) is 40.6. The van der Waals surface area contributed by atoms with Gasteiger partial charge in [-0.05, 0) is 166 Å². The van der Waals surface area contributed by atoms with Crippen molar-refractivity contribution < 1.29 is 9.47 Å². The van der Waals surface area contributed by atoms with Crippen LogP contribution in [0.15, 0.2) is 109 Å². The minimum atomic E-state index is -0.0969. The second kappa shape index (κ2) is 19.5. The van der Waals surface area contributed by atoms with Crippen LogP contribution in [0.5, 0.6) is 11.5 Å². The van der Waals surface area contributed by atoms with Crippen LogP contribution in [0.1, 0.15) is 118 Å². The smallest absolute Gasteiger partial charge is 0.119 e. The summed E-state index contributed by atoms with van der Waals surface area (Å²) >= 11 is 3.73. The van der Waals surface area contributed by atoms with Gasteiger partial charge in [0.1, 0.15) is 11.5 Å². The predicted octanol–water partition coefficient (Wildman–Crippen LogP) is 17.2. The average Bonchev–Trinajstić information content (AvgIpc) is 3.96. The van der Waals surface area contributed by atoms with Crippen LogP contribution in [0.25, 0.3) is 52.9 Å². The normalized spacial score (nSPS) is 14.1. The Kier molecular flexibility index (Phi) is 14.2. The minimum absolute atomic E-state index is 0.0969. The molecule has 2 atom stereocenters. The molecule has 2 unspecified atom stereocenters. The van der Waals surface area contributed by atoms with Gasteiger partial charge in [0.25, 0.3) is 0 Å². The van der Waals surface area contributed by atoms with Crippen molar-refractivity contribution in [1.29, 1.82) is 0 Å². The van der Waals surface area contributed by atoms with E-state index in [9.17, 15) is 0 Å². The second-order valence-electron chi connectivity index (χ2n) is 18.7. The molecule has 0 N–H and O–H groups in total. The Morgan fingerprint density at radius 2 is 0.780 bits per heavy atom. The molecule has 0 spiro atoms. The molecule has 2 aromatic heterocycles. The Bertz CT molecular complexity index is 2090. The molecule has 310 valence electrons. The van der Waals surface area contributed by atoms with Crippen LogP contribution in [0.4, 0.5) is 0 Å². The number of fused-ring (bicyclic) bond motifs is 3. The van der Waals surface area contributed by atoms with E-state index in [4.69, 9.17) is 9.47 Å². The van der Waals surface area contributed by atoms with E-state index in [2.05, 4.69) is 165 Å². The lowest BCUT2D eigenvalue weighted by molar-refractivity contribution is 0.275. The molecule has 0 saturated carbocycles. The van der Waals surface area contributed by atoms with Crippen molar-refractivity contribution in [3.05, 3.63) is 120 Å². The third kappa shape index (κ3) is 10.8. The van der Waals surface area contributed by atoms with E-state index in [0.717, 1.165) is 49.4 Å². The summed E-state index contributed by atoms with van der Waals surface area (Å²) in [7, 11) is 0. The highest BCUT2D eigenvalue weighted by Crippen LogP contribution is 2.51. The molecule has 6 aromatic rings. The van der Waals surface area contributed by atoms with Crippen molar-refractivity contribution in [2.24, 2.45) is 23.7 Å². The number of ether oxygens (including phenoxy) is 2. The highest BCUT2D eigenvalue weighted by molar-refractivity contribution is 7.19. The first-order valence-electron chi connectivity index (χ1n) is 22.4.